The van der Waals surface area contributed by atoms with E-state index in [4.69, 9.17) is 16.3 Å². The minimum Gasteiger partial charge on any atom is -0.496 e. The Morgan fingerprint density at radius 3 is 2.72 bits per heavy atom. The number of hydrogen-bond acceptors (Lipinski definition) is 2. The molecule has 2 aromatic rings. The van der Waals surface area contributed by atoms with Crippen LogP contribution in [-0.4, -0.2) is 23.0 Å². The smallest absolute Gasteiger partial charge is 0.121 e. The number of alkyl halides is 1. The predicted octanol–water partition coefficient (Wildman–Crippen LogP) is 3.48. The molecule has 0 fully saturated rings. The van der Waals surface area contributed by atoms with Gasteiger partial charge in [0.2, 0.25) is 0 Å². The van der Waals surface area contributed by atoms with Gasteiger partial charge in [-0.2, -0.15) is 0 Å². The van der Waals surface area contributed by atoms with Gasteiger partial charge >= 0.3 is 0 Å². The van der Waals surface area contributed by atoms with E-state index in [-0.39, 0.29) is 0 Å². The molecule has 0 amide bonds. The molecule has 1 aromatic heterocycles. The summed E-state index contributed by atoms with van der Waals surface area (Å²) in [5, 5.41) is 0. The quantitative estimate of drug-likeness (QED) is 0.859. The van der Waals surface area contributed by atoms with Gasteiger partial charge in [-0.1, -0.05) is 0 Å². The summed E-state index contributed by atoms with van der Waals surface area (Å²) in [6, 6.07) is 6.09. The first-order chi connectivity index (χ1) is 8.65. The first-order valence-electron chi connectivity index (χ1n) is 5.92. The summed E-state index contributed by atoms with van der Waals surface area (Å²) >= 11 is 5.73. The van der Waals surface area contributed by atoms with E-state index in [9.17, 15) is 0 Å². The normalized spacial score (nSPS) is 10.7. The molecule has 0 spiro atoms. The zero-order valence-corrected chi connectivity index (χ0v) is 11.6. The van der Waals surface area contributed by atoms with E-state index in [2.05, 4.69) is 16.0 Å². The Morgan fingerprint density at radius 2 is 2.11 bits per heavy atom. The maximum atomic E-state index is 5.73. The third-order valence-corrected chi connectivity index (χ3v) is 3.12. The van der Waals surface area contributed by atoms with Crippen molar-refractivity contribution in [3.05, 3.63) is 35.3 Å². The lowest BCUT2D eigenvalue weighted by molar-refractivity contribution is 0.412. The minimum absolute atomic E-state index is 0.577. The van der Waals surface area contributed by atoms with Crippen molar-refractivity contribution in [3.63, 3.8) is 0 Å². The lowest BCUT2D eigenvalue weighted by atomic mass is 10.1. The number of aromatic nitrogens is 2. The van der Waals surface area contributed by atoms with Crippen molar-refractivity contribution in [1.29, 1.82) is 0 Å². The van der Waals surface area contributed by atoms with E-state index in [0.29, 0.717) is 5.88 Å². The van der Waals surface area contributed by atoms with Crippen molar-refractivity contribution < 1.29 is 4.74 Å². The Kier molecular flexibility index (Phi) is 3.92. The zero-order chi connectivity index (χ0) is 13.1. The van der Waals surface area contributed by atoms with Crippen LogP contribution >= 0.6 is 11.6 Å². The third kappa shape index (κ3) is 2.51. The average molecular weight is 265 g/mol. The fourth-order valence-electron chi connectivity index (χ4n) is 2.04. The fourth-order valence-corrected chi connectivity index (χ4v) is 2.22. The van der Waals surface area contributed by atoms with Gasteiger partial charge in [-0.3, -0.25) is 0 Å². The number of ether oxygens (including phenoxy) is 1. The van der Waals surface area contributed by atoms with E-state index in [1.165, 1.54) is 0 Å². The molecule has 0 radical (unpaired) electrons. The molecule has 0 bridgehead atoms. The Hall–Kier alpha value is -1.48. The van der Waals surface area contributed by atoms with Crippen LogP contribution in [0.25, 0.3) is 11.3 Å². The van der Waals surface area contributed by atoms with Crippen LogP contribution in [-0.2, 0) is 6.42 Å². The summed E-state index contributed by atoms with van der Waals surface area (Å²) in [5.74, 6) is 2.41. The highest BCUT2D eigenvalue weighted by molar-refractivity contribution is 6.17. The Labute approximate surface area is 112 Å². The summed E-state index contributed by atoms with van der Waals surface area (Å²) in [7, 11) is 1.68. The van der Waals surface area contributed by atoms with Gasteiger partial charge in [0.1, 0.15) is 11.6 Å². The van der Waals surface area contributed by atoms with Crippen LogP contribution < -0.4 is 4.74 Å². The monoisotopic (exact) mass is 264 g/mol. The van der Waals surface area contributed by atoms with E-state index in [0.717, 1.165) is 40.5 Å². The summed E-state index contributed by atoms with van der Waals surface area (Å²) in [5.41, 5.74) is 4.26. The Bertz CT molecular complexity index is 549. The maximum absolute atomic E-state index is 5.73. The van der Waals surface area contributed by atoms with Crippen molar-refractivity contribution in [3.8, 4) is 17.0 Å². The minimum atomic E-state index is 0.577. The number of halogens is 1. The lowest BCUT2D eigenvalue weighted by Gasteiger charge is -2.06. The van der Waals surface area contributed by atoms with Crippen molar-refractivity contribution in [2.45, 2.75) is 20.3 Å². The molecule has 0 saturated heterocycles. The average Bonchev–Trinajstić information content (AvgIpc) is 2.71. The van der Waals surface area contributed by atoms with Gasteiger partial charge in [-0.15, -0.1) is 11.6 Å². The molecular formula is C14H17ClN2O. The molecule has 18 heavy (non-hydrogen) atoms. The van der Waals surface area contributed by atoms with Crippen LogP contribution in [0.5, 0.6) is 5.75 Å². The lowest BCUT2D eigenvalue weighted by Crippen LogP contribution is -1.89. The molecule has 1 aromatic carbocycles. The third-order valence-electron chi connectivity index (χ3n) is 2.93. The maximum Gasteiger partial charge on any atom is 0.121 e. The fraction of sp³-hybridized carbons (Fsp3) is 0.357. The molecule has 0 aliphatic carbocycles. The second kappa shape index (κ2) is 5.44. The van der Waals surface area contributed by atoms with Gasteiger partial charge in [-0.05, 0) is 37.6 Å². The van der Waals surface area contributed by atoms with E-state index < -0.39 is 0 Å². The molecule has 0 aliphatic rings. The molecule has 0 atom stereocenters. The first-order valence-corrected chi connectivity index (χ1v) is 6.45. The van der Waals surface area contributed by atoms with E-state index in [1.807, 2.05) is 26.0 Å². The summed E-state index contributed by atoms with van der Waals surface area (Å²) in [4.78, 5) is 7.85. The predicted molar refractivity (Wildman–Crippen MR) is 74.5 cm³/mol. The summed E-state index contributed by atoms with van der Waals surface area (Å²) in [6.07, 6.45) is 0.761. The topological polar surface area (TPSA) is 37.9 Å². The molecule has 0 aliphatic heterocycles. The second-order valence-corrected chi connectivity index (χ2v) is 4.66. The first kappa shape index (κ1) is 13.0. The highest BCUT2D eigenvalue weighted by Crippen LogP contribution is 2.27. The molecule has 1 N–H and O–H groups in total. The highest BCUT2D eigenvalue weighted by atomic mass is 35.5. The van der Waals surface area contributed by atoms with Gasteiger partial charge in [0, 0.05) is 23.6 Å². The molecule has 3 nitrogen and oxygen atoms in total. The Balaban J connectivity index is 2.39. The molecule has 96 valence electrons. The van der Waals surface area contributed by atoms with Gasteiger partial charge in [0.15, 0.2) is 0 Å². The number of benzene rings is 1. The van der Waals surface area contributed by atoms with Crippen LogP contribution in [0.1, 0.15) is 17.1 Å². The van der Waals surface area contributed by atoms with Crippen LogP contribution in [0, 0.1) is 13.8 Å². The van der Waals surface area contributed by atoms with Crippen LogP contribution in [0.4, 0.5) is 0 Å². The number of aromatic amines is 1. The number of H-pyrrole nitrogens is 1. The van der Waals surface area contributed by atoms with Gasteiger partial charge < -0.3 is 9.72 Å². The number of nitrogens with zero attached hydrogens (tertiary/aromatic N) is 1. The molecule has 0 unspecified atom stereocenters. The number of hydrogen-bond donors (Lipinski definition) is 1. The largest absolute Gasteiger partial charge is 0.496 e. The number of aryl methyl sites for hydroxylation is 3. The van der Waals surface area contributed by atoms with E-state index >= 15 is 0 Å². The number of imidazole rings is 1. The number of nitrogens with one attached hydrogen (secondary N) is 1. The summed E-state index contributed by atoms with van der Waals surface area (Å²) < 4.78 is 5.26. The number of rotatable bonds is 4. The van der Waals surface area contributed by atoms with Gasteiger partial charge in [0.05, 0.1) is 12.8 Å². The number of methoxy groups -OCH3 is 1. The van der Waals surface area contributed by atoms with Crippen molar-refractivity contribution in [1.82, 2.24) is 9.97 Å². The van der Waals surface area contributed by atoms with Gasteiger partial charge in [0.25, 0.3) is 0 Å². The standard InChI is InChI=1S/C14H17ClN2O/c1-9-8-11(4-5-12(9)18-3)14-10(2)16-13(17-14)6-7-15/h4-5,8H,6-7H2,1-3H3,(H,16,17). The SMILES string of the molecule is COc1ccc(-c2nc(CCCl)[nH]c2C)cc1C. The van der Waals surface area contributed by atoms with Crippen molar-refractivity contribution in [2.75, 3.05) is 13.0 Å². The van der Waals surface area contributed by atoms with Crippen molar-refractivity contribution in [2.24, 2.45) is 0 Å². The van der Waals surface area contributed by atoms with Gasteiger partial charge in [-0.25, -0.2) is 4.98 Å². The molecule has 4 heteroatoms. The highest BCUT2D eigenvalue weighted by Gasteiger charge is 2.10. The zero-order valence-electron chi connectivity index (χ0n) is 10.9. The van der Waals surface area contributed by atoms with E-state index in [1.54, 1.807) is 7.11 Å². The van der Waals surface area contributed by atoms with Crippen molar-refractivity contribution >= 4 is 11.6 Å². The molecule has 2 rings (SSSR count). The van der Waals surface area contributed by atoms with Crippen LogP contribution in [0.15, 0.2) is 18.2 Å². The Morgan fingerprint density at radius 1 is 1.33 bits per heavy atom. The second-order valence-electron chi connectivity index (χ2n) is 4.28. The summed E-state index contributed by atoms with van der Waals surface area (Å²) in [6.45, 7) is 4.06. The molecular weight excluding hydrogens is 248 g/mol. The van der Waals surface area contributed by atoms with Crippen LogP contribution in [0.3, 0.4) is 0 Å². The molecule has 0 saturated carbocycles. The van der Waals surface area contributed by atoms with Crippen LogP contribution in [0.2, 0.25) is 0 Å². The molecule has 1 heterocycles.